The number of ether oxygens (including phenoxy) is 1. The number of hydrogen-bond donors (Lipinski definition) is 1. The minimum absolute atomic E-state index is 0.0674. The molecule has 1 aliphatic carbocycles. The second-order valence-electron chi connectivity index (χ2n) is 6.07. The highest BCUT2D eigenvalue weighted by Gasteiger charge is 2.52. The van der Waals surface area contributed by atoms with Crippen molar-refractivity contribution in [3.63, 3.8) is 0 Å². The van der Waals surface area contributed by atoms with Gasteiger partial charge in [0.1, 0.15) is 11.3 Å². The first kappa shape index (κ1) is 15.5. The van der Waals surface area contributed by atoms with E-state index in [-0.39, 0.29) is 17.7 Å². The van der Waals surface area contributed by atoms with Gasteiger partial charge in [-0.3, -0.25) is 9.59 Å². The van der Waals surface area contributed by atoms with E-state index in [0.29, 0.717) is 25.8 Å². The van der Waals surface area contributed by atoms with E-state index in [1.54, 1.807) is 11.6 Å². The predicted octanol–water partition coefficient (Wildman–Crippen LogP) is 1.25. The number of Topliss-reactive ketones (excluding diaryl/α,β-unsaturated/α-hetero) is 1. The summed E-state index contributed by atoms with van der Waals surface area (Å²) < 4.78 is 4.99. The van der Waals surface area contributed by atoms with Crippen molar-refractivity contribution in [2.75, 3.05) is 13.7 Å². The predicted molar refractivity (Wildman–Crippen MR) is 76.1 cm³/mol. The number of rotatable bonds is 4. The highest BCUT2D eigenvalue weighted by Crippen LogP contribution is 2.39. The standard InChI is InChI=1S/C14H24BNO4/c1-15(19)16-9-5-8-14(16,13(18)20-2)10-11-6-3-4-7-12(11)17/h11,19H,3-10H2,1-2H3. The van der Waals surface area contributed by atoms with Crippen molar-refractivity contribution < 1.29 is 19.3 Å². The maximum atomic E-state index is 12.3. The first-order valence-electron chi connectivity index (χ1n) is 7.57. The molecule has 2 rings (SSSR count). The molecule has 0 aromatic heterocycles. The van der Waals surface area contributed by atoms with E-state index in [1.807, 2.05) is 0 Å². The van der Waals surface area contributed by atoms with Gasteiger partial charge in [-0.2, -0.15) is 0 Å². The van der Waals surface area contributed by atoms with Crippen LogP contribution in [0, 0.1) is 5.92 Å². The zero-order chi connectivity index (χ0) is 14.8. The summed E-state index contributed by atoms with van der Waals surface area (Å²) in [6, 6.07) is 0. The molecular formula is C14H24BNO4. The summed E-state index contributed by atoms with van der Waals surface area (Å²) in [5, 5.41) is 9.96. The van der Waals surface area contributed by atoms with E-state index in [2.05, 4.69) is 0 Å². The maximum absolute atomic E-state index is 12.3. The summed E-state index contributed by atoms with van der Waals surface area (Å²) in [6.07, 6.45) is 5.48. The third-order valence-electron chi connectivity index (χ3n) is 4.82. The lowest BCUT2D eigenvalue weighted by Gasteiger charge is -2.39. The Kier molecular flexibility index (Phi) is 4.86. The van der Waals surface area contributed by atoms with Gasteiger partial charge in [-0.05, 0) is 45.5 Å². The number of nitrogens with zero attached hydrogens (tertiary/aromatic N) is 1. The molecule has 5 nitrogen and oxygen atoms in total. The summed E-state index contributed by atoms with van der Waals surface area (Å²) in [5.41, 5.74) is -0.819. The Bertz CT molecular complexity index is 387. The Labute approximate surface area is 120 Å². The minimum Gasteiger partial charge on any atom is -0.468 e. The normalized spacial score (nSPS) is 31.4. The smallest absolute Gasteiger partial charge is 0.377 e. The van der Waals surface area contributed by atoms with Gasteiger partial charge in [0.15, 0.2) is 0 Å². The van der Waals surface area contributed by atoms with Crippen LogP contribution in [0.15, 0.2) is 0 Å². The van der Waals surface area contributed by atoms with Crippen molar-refractivity contribution in [2.45, 2.75) is 57.3 Å². The third-order valence-corrected chi connectivity index (χ3v) is 4.82. The Morgan fingerprint density at radius 2 is 2.25 bits per heavy atom. The van der Waals surface area contributed by atoms with Crippen LogP contribution in [-0.4, -0.2) is 47.8 Å². The number of carbonyl (C=O) groups excluding carboxylic acids is 2. The topological polar surface area (TPSA) is 66.8 Å². The molecule has 1 aliphatic heterocycles. The molecule has 0 bridgehead atoms. The van der Waals surface area contributed by atoms with Crippen LogP contribution in [0.3, 0.4) is 0 Å². The number of ketones is 1. The quantitative estimate of drug-likeness (QED) is 0.620. The van der Waals surface area contributed by atoms with E-state index in [0.717, 1.165) is 25.7 Å². The molecule has 0 amide bonds. The monoisotopic (exact) mass is 281 g/mol. The van der Waals surface area contributed by atoms with Crippen molar-refractivity contribution >= 4 is 18.8 Å². The summed E-state index contributed by atoms with van der Waals surface area (Å²) in [5.74, 6) is -0.117. The molecule has 1 N–H and O–H groups in total. The molecule has 2 fully saturated rings. The zero-order valence-corrected chi connectivity index (χ0v) is 12.4. The lowest BCUT2D eigenvalue weighted by Crippen LogP contribution is -2.57. The summed E-state index contributed by atoms with van der Waals surface area (Å²) >= 11 is 0. The fourth-order valence-corrected chi connectivity index (χ4v) is 3.83. The van der Waals surface area contributed by atoms with Gasteiger partial charge in [-0.15, -0.1) is 0 Å². The minimum atomic E-state index is -0.819. The molecule has 112 valence electrons. The van der Waals surface area contributed by atoms with Crippen LogP contribution in [0.4, 0.5) is 0 Å². The van der Waals surface area contributed by atoms with Gasteiger partial charge in [0.25, 0.3) is 0 Å². The molecule has 1 saturated heterocycles. The molecule has 20 heavy (non-hydrogen) atoms. The van der Waals surface area contributed by atoms with E-state index in [9.17, 15) is 14.6 Å². The van der Waals surface area contributed by atoms with E-state index >= 15 is 0 Å². The lowest BCUT2D eigenvalue weighted by molar-refractivity contribution is -0.153. The Hall–Kier alpha value is -0.875. The van der Waals surface area contributed by atoms with Gasteiger partial charge in [-0.1, -0.05) is 6.42 Å². The van der Waals surface area contributed by atoms with Gasteiger partial charge >= 0.3 is 13.0 Å². The van der Waals surface area contributed by atoms with E-state index in [4.69, 9.17) is 4.74 Å². The molecule has 0 radical (unpaired) electrons. The van der Waals surface area contributed by atoms with Crippen LogP contribution >= 0.6 is 0 Å². The van der Waals surface area contributed by atoms with Crippen LogP contribution in [0.2, 0.25) is 6.82 Å². The summed E-state index contributed by atoms with van der Waals surface area (Å²) in [4.78, 5) is 26.2. The molecule has 2 atom stereocenters. The summed E-state index contributed by atoms with van der Waals surface area (Å²) in [6.45, 7) is 2.35. The molecule has 2 aliphatic rings. The first-order chi connectivity index (χ1) is 9.51. The molecule has 0 aromatic rings. The molecular weight excluding hydrogens is 257 g/mol. The molecule has 0 aromatic carbocycles. The number of carbonyl (C=O) groups is 2. The number of hydrogen-bond acceptors (Lipinski definition) is 5. The maximum Gasteiger partial charge on any atom is 0.377 e. The SMILES string of the molecule is COC(=O)C1(CC2CCCCC2=O)CCCN1B(C)O. The van der Waals surface area contributed by atoms with Gasteiger partial charge in [0.05, 0.1) is 7.11 Å². The van der Waals surface area contributed by atoms with Gasteiger partial charge in [0.2, 0.25) is 0 Å². The highest BCUT2D eigenvalue weighted by molar-refractivity contribution is 6.46. The number of esters is 1. The average molecular weight is 281 g/mol. The Morgan fingerprint density at radius 3 is 2.85 bits per heavy atom. The zero-order valence-electron chi connectivity index (χ0n) is 12.4. The van der Waals surface area contributed by atoms with Gasteiger partial charge in [0, 0.05) is 12.3 Å². The molecule has 1 heterocycles. The fraction of sp³-hybridized carbons (Fsp3) is 0.857. The number of methoxy groups -OCH3 is 1. The van der Waals surface area contributed by atoms with Crippen molar-refractivity contribution in [1.29, 1.82) is 0 Å². The van der Waals surface area contributed by atoms with Crippen LogP contribution in [0.1, 0.15) is 44.9 Å². The second kappa shape index (κ2) is 6.27. The van der Waals surface area contributed by atoms with Gasteiger partial charge in [-0.25, -0.2) is 0 Å². The van der Waals surface area contributed by atoms with Gasteiger partial charge < -0.3 is 14.6 Å². The van der Waals surface area contributed by atoms with Crippen LogP contribution in [-0.2, 0) is 14.3 Å². The Morgan fingerprint density at radius 1 is 1.50 bits per heavy atom. The van der Waals surface area contributed by atoms with Crippen LogP contribution < -0.4 is 0 Å². The largest absolute Gasteiger partial charge is 0.468 e. The lowest BCUT2D eigenvalue weighted by atomic mass is 9.72. The van der Waals surface area contributed by atoms with Crippen molar-refractivity contribution in [1.82, 2.24) is 4.81 Å². The Balaban J connectivity index is 2.23. The fourth-order valence-electron chi connectivity index (χ4n) is 3.83. The average Bonchev–Trinajstić information content (AvgIpc) is 2.85. The van der Waals surface area contributed by atoms with Crippen LogP contribution in [0.25, 0.3) is 0 Å². The van der Waals surface area contributed by atoms with Crippen molar-refractivity contribution in [3.8, 4) is 0 Å². The molecule has 2 unspecified atom stereocenters. The first-order valence-corrected chi connectivity index (χ1v) is 7.57. The van der Waals surface area contributed by atoms with Crippen LogP contribution in [0.5, 0.6) is 0 Å². The molecule has 6 heteroatoms. The van der Waals surface area contributed by atoms with Crippen molar-refractivity contribution in [2.24, 2.45) is 5.92 Å². The highest BCUT2D eigenvalue weighted by atomic mass is 16.5. The van der Waals surface area contributed by atoms with Crippen molar-refractivity contribution in [3.05, 3.63) is 0 Å². The van der Waals surface area contributed by atoms with E-state index < -0.39 is 12.6 Å². The molecule has 1 saturated carbocycles. The second-order valence-corrected chi connectivity index (χ2v) is 6.07. The van der Waals surface area contributed by atoms with E-state index in [1.165, 1.54) is 7.11 Å². The molecule has 0 spiro atoms. The summed E-state index contributed by atoms with van der Waals surface area (Å²) in [7, 11) is 0.681. The third kappa shape index (κ3) is 2.77.